The van der Waals surface area contributed by atoms with Gasteiger partial charge in [-0.2, -0.15) is 5.26 Å². The van der Waals surface area contributed by atoms with Gasteiger partial charge in [0.15, 0.2) is 11.2 Å². The molecule has 5 rings (SSSR count). The molecule has 3 N–H and O–H groups in total. The van der Waals surface area contributed by atoms with Gasteiger partial charge in [0.1, 0.15) is 17.4 Å². The van der Waals surface area contributed by atoms with Gasteiger partial charge in [-0.3, -0.25) is 9.59 Å². The number of esters is 1. The number of fused-ring (bicyclic) bond motifs is 3. The van der Waals surface area contributed by atoms with E-state index < -0.39 is 23.1 Å². The molecule has 162 valence electrons. The monoisotopic (exact) mass is 439 g/mol. The average Bonchev–Trinajstić information content (AvgIpc) is 3.27. The minimum absolute atomic E-state index is 0.0202. The van der Waals surface area contributed by atoms with Crippen LogP contribution in [-0.2, 0) is 19.1 Å². The number of nitrogens with two attached hydrogens (primary N) is 1. The molecule has 1 unspecified atom stereocenters. The minimum atomic E-state index is -2.11. The SMILES string of the molecule is CCOC(=O)C1=C(c2ccccc2)NC(=O)C12C(C#N)=C(N)OC1=C2C(=O)c2ccccc21. The molecule has 2 heterocycles. The summed E-state index contributed by atoms with van der Waals surface area (Å²) in [5.41, 5.74) is 4.76. The number of nitriles is 1. The zero-order valence-electron chi connectivity index (χ0n) is 17.5. The predicted octanol–water partition coefficient (Wildman–Crippen LogP) is 2.41. The van der Waals surface area contributed by atoms with E-state index in [-0.39, 0.29) is 46.2 Å². The van der Waals surface area contributed by atoms with E-state index in [4.69, 9.17) is 15.2 Å². The Bertz CT molecular complexity index is 1390. The van der Waals surface area contributed by atoms with Crippen LogP contribution in [0.5, 0.6) is 0 Å². The molecule has 0 fully saturated rings. The highest BCUT2D eigenvalue weighted by atomic mass is 16.5. The van der Waals surface area contributed by atoms with E-state index in [2.05, 4.69) is 5.32 Å². The molecule has 1 atom stereocenters. The Labute approximate surface area is 188 Å². The molecule has 8 nitrogen and oxygen atoms in total. The lowest BCUT2D eigenvalue weighted by Gasteiger charge is -2.33. The Morgan fingerprint density at radius 3 is 2.45 bits per heavy atom. The maximum Gasteiger partial charge on any atom is 0.337 e. The van der Waals surface area contributed by atoms with Crippen molar-refractivity contribution in [3.8, 4) is 6.07 Å². The zero-order chi connectivity index (χ0) is 23.3. The van der Waals surface area contributed by atoms with Crippen LogP contribution >= 0.6 is 0 Å². The highest BCUT2D eigenvalue weighted by molar-refractivity contribution is 6.29. The fourth-order valence-electron chi connectivity index (χ4n) is 4.64. The number of ether oxygens (including phenoxy) is 2. The molecule has 1 spiro atoms. The van der Waals surface area contributed by atoms with Crippen LogP contribution in [0.1, 0.15) is 28.4 Å². The summed E-state index contributed by atoms with van der Waals surface area (Å²) in [5, 5.41) is 12.8. The lowest BCUT2D eigenvalue weighted by molar-refractivity contribution is -0.140. The van der Waals surface area contributed by atoms with Crippen molar-refractivity contribution in [3.63, 3.8) is 0 Å². The lowest BCUT2D eigenvalue weighted by Crippen LogP contribution is -2.44. The van der Waals surface area contributed by atoms with Crippen molar-refractivity contribution in [2.75, 3.05) is 6.61 Å². The fourth-order valence-corrected chi connectivity index (χ4v) is 4.64. The fraction of sp³-hybridized carbons (Fsp3) is 0.120. The summed E-state index contributed by atoms with van der Waals surface area (Å²) < 4.78 is 11.0. The molecule has 0 saturated heterocycles. The first-order chi connectivity index (χ1) is 16.0. The average molecular weight is 439 g/mol. The van der Waals surface area contributed by atoms with E-state index >= 15 is 0 Å². The maximum absolute atomic E-state index is 13.8. The second-order valence-corrected chi connectivity index (χ2v) is 7.57. The normalized spacial score (nSPS) is 21.0. The molecular weight excluding hydrogens is 422 g/mol. The van der Waals surface area contributed by atoms with Gasteiger partial charge < -0.3 is 20.5 Å². The van der Waals surface area contributed by atoms with Gasteiger partial charge in [0, 0.05) is 11.1 Å². The third kappa shape index (κ3) is 2.53. The Balaban J connectivity index is 1.90. The molecule has 0 radical (unpaired) electrons. The van der Waals surface area contributed by atoms with E-state index in [9.17, 15) is 19.6 Å². The van der Waals surface area contributed by atoms with Crippen LogP contribution in [0.15, 0.2) is 77.2 Å². The van der Waals surface area contributed by atoms with Crippen LogP contribution in [0.4, 0.5) is 0 Å². The Morgan fingerprint density at radius 1 is 1.12 bits per heavy atom. The van der Waals surface area contributed by atoms with Gasteiger partial charge in [-0.05, 0) is 12.5 Å². The molecule has 2 aliphatic heterocycles. The lowest BCUT2D eigenvalue weighted by atomic mass is 9.66. The summed E-state index contributed by atoms with van der Waals surface area (Å²) in [7, 11) is 0. The van der Waals surface area contributed by atoms with Gasteiger partial charge in [-0.25, -0.2) is 4.79 Å². The van der Waals surface area contributed by atoms with Crippen LogP contribution in [-0.4, -0.2) is 24.3 Å². The molecular formula is C25H17N3O5. The van der Waals surface area contributed by atoms with Crippen LogP contribution in [0.2, 0.25) is 0 Å². The number of ketones is 1. The number of nitrogens with zero attached hydrogens (tertiary/aromatic N) is 1. The van der Waals surface area contributed by atoms with Crippen molar-refractivity contribution >= 4 is 29.1 Å². The number of amides is 1. The van der Waals surface area contributed by atoms with E-state index in [1.807, 2.05) is 6.07 Å². The van der Waals surface area contributed by atoms with Crippen LogP contribution < -0.4 is 11.1 Å². The van der Waals surface area contributed by atoms with Crippen LogP contribution in [0.25, 0.3) is 11.5 Å². The number of hydrogen-bond acceptors (Lipinski definition) is 7. The first kappa shape index (κ1) is 20.3. The zero-order valence-corrected chi connectivity index (χ0v) is 17.5. The largest absolute Gasteiger partial charge is 0.463 e. The topological polar surface area (TPSA) is 132 Å². The number of benzene rings is 2. The third-order valence-corrected chi connectivity index (χ3v) is 5.94. The van der Waals surface area contributed by atoms with Gasteiger partial charge in [0.05, 0.1) is 23.5 Å². The summed E-state index contributed by atoms with van der Waals surface area (Å²) >= 11 is 0. The van der Waals surface area contributed by atoms with E-state index in [0.29, 0.717) is 11.1 Å². The van der Waals surface area contributed by atoms with Crippen molar-refractivity contribution in [1.82, 2.24) is 5.32 Å². The quantitative estimate of drug-likeness (QED) is 0.702. The van der Waals surface area contributed by atoms with Gasteiger partial charge in [0.2, 0.25) is 11.8 Å². The van der Waals surface area contributed by atoms with Gasteiger partial charge in [-0.1, -0.05) is 54.6 Å². The van der Waals surface area contributed by atoms with Crippen LogP contribution in [0.3, 0.4) is 0 Å². The van der Waals surface area contributed by atoms with Gasteiger partial charge >= 0.3 is 5.97 Å². The van der Waals surface area contributed by atoms with Crippen molar-refractivity contribution in [2.45, 2.75) is 6.92 Å². The first-order valence-corrected chi connectivity index (χ1v) is 10.2. The number of hydrogen-bond donors (Lipinski definition) is 2. The molecule has 1 aliphatic carbocycles. The second kappa shape index (κ2) is 7.21. The second-order valence-electron chi connectivity index (χ2n) is 7.57. The molecule has 2 aromatic carbocycles. The molecule has 0 bridgehead atoms. The summed E-state index contributed by atoms with van der Waals surface area (Å²) in [6.45, 7) is 1.64. The molecule has 2 aromatic rings. The molecule has 1 amide bonds. The standard InChI is InChI=1S/C25H17N3O5/c1-2-32-23(30)17-19(13-8-4-3-5-9-13)28-24(31)25(17)16(12-26)22(27)33-21-15-11-7-6-10-14(15)20(29)18(21)25/h3-11H,2,27H2,1H3,(H,28,31). The first-order valence-electron chi connectivity index (χ1n) is 10.2. The summed E-state index contributed by atoms with van der Waals surface area (Å²) in [5.74, 6) is -2.41. The van der Waals surface area contributed by atoms with Crippen LogP contribution in [0, 0.1) is 16.7 Å². The summed E-state index contributed by atoms with van der Waals surface area (Å²) in [4.78, 5) is 40.7. The predicted molar refractivity (Wildman–Crippen MR) is 116 cm³/mol. The third-order valence-electron chi connectivity index (χ3n) is 5.94. The van der Waals surface area contributed by atoms with Gasteiger partial charge in [0.25, 0.3) is 0 Å². The van der Waals surface area contributed by atoms with E-state index in [1.165, 1.54) is 0 Å². The van der Waals surface area contributed by atoms with Crippen molar-refractivity contribution < 1.29 is 23.9 Å². The number of nitrogens with one attached hydrogen (secondary N) is 1. The Hall–Kier alpha value is -4.64. The number of carbonyl (C=O) groups excluding carboxylic acids is 3. The van der Waals surface area contributed by atoms with Crippen molar-refractivity contribution in [1.29, 1.82) is 5.26 Å². The maximum atomic E-state index is 13.8. The van der Waals surface area contributed by atoms with E-state index in [1.54, 1.807) is 61.5 Å². The van der Waals surface area contributed by atoms with E-state index in [0.717, 1.165) is 0 Å². The number of rotatable bonds is 3. The number of Topliss-reactive ketones (excluding diaryl/α,β-unsaturated/α-hetero) is 1. The van der Waals surface area contributed by atoms with Crippen molar-refractivity contribution in [3.05, 3.63) is 93.9 Å². The van der Waals surface area contributed by atoms with Crippen molar-refractivity contribution in [2.24, 2.45) is 11.1 Å². The molecule has 8 heteroatoms. The highest BCUT2D eigenvalue weighted by Gasteiger charge is 2.64. The van der Waals surface area contributed by atoms with Gasteiger partial charge in [-0.15, -0.1) is 0 Å². The Kier molecular flexibility index (Phi) is 4.43. The molecule has 0 aromatic heterocycles. The smallest absolute Gasteiger partial charge is 0.337 e. The Morgan fingerprint density at radius 2 is 1.79 bits per heavy atom. The molecule has 0 saturated carbocycles. The summed E-state index contributed by atoms with van der Waals surface area (Å²) in [6, 6.07) is 17.2. The number of carbonyl (C=O) groups is 3. The minimum Gasteiger partial charge on any atom is -0.463 e. The molecule has 3 aliphatic rings. The highest BCUT2D eigenvalue weighted by Crippen LogP contribution is 2.58. The molecule has 33 heavy (non-hydrogen) atoms. The summed E-state index contributed by atoms with van der Waals surface area (Å²) in [6.07, 6.45) is 0.